The van der Waals surface area contributed by atoms with E-state index in [-0.39, 0.29) is 30.1 Å². The van der Waals surface area contributed by atoms with Crippen LogP contribution in [0.2, 0.25) is 0 Å². The number of aliphatic carboxylic acids is 1. The van der Waals surface area contributed by atoms with Crippen LogP contribution >= 0.6 is 0 Å². The van der Waals surface area contributed by atoms with Crippen molar-refractivity contribution in [3.63, 3.8) is 0 Å². The van der Waals surface area contributed by atoms with Crippen LogP contribution in [0.3, 0.4) is 0 Å². The van der Waals surface area contributed by atoms with Crippen molar-refractivity contribution in [1.29, 1.82) is 0 Å². The molecule has 0 saturated heterocycles. The number of likely N-dealkylation sites (N-methyl/N-ethyl adjacent to an activating group) is 1. The highest BCUT2D eigenvalue weighted by atomic mass is 16.4. The van der Waals surface area contributed by atoms with Crippen molar-refractivity contribution in [3.05, 3.63) is 16.6 Å². The minimum Gasteiger partial charge on any atom is -0.480 e. The number of H-pyrrole nitrogens is 1. The number of rotatable bonds is 9. The molecule has 0 aromatic carbocycles. The summed E-state index contributed by atoms with van der Waals surface area (Å²) in [6.45, 7) is 0.00724. The van der Waals surface area contributed by atoms with E-state index in [0.717, 1.165) is 0 Å². The predicted octanol–water partition coefficient (Wildman–Crippen LogP) is -1.53. The average Bonchev–Trinajstić information content (AvgIpc) is 2.99. The summed E-state index contributed by atoms with van der Waals surface area (Å²) in [5, 5.41) is 16.1. The van der Waals surface area contributed by atoms with Gasteiger partial charge in [-0.3, -0.25) is 19.4 Å². The third-order valence-corrected chi connectivity index (χ3v) is 3.50. The van der Waals surface area contributed by atoms with Crippen LogP contribution in [0, 0.1) is 0 Å². The van der Waals surface area contributed by atoms with E-state index in [0.29, 0.717) is 6.54 Å². The summed E-state index contributed by atoms with van der Waals surface area (Å²) in [4.78, 5) is 49.3. The first-order chi connectivity index (χ1) is 12.8. The van der Waals surface area contributed by atoms with Gasteiger partial charge in [-0.15, -0.1) is 0 Å². The van der Waals surface area contributed by atoms with Crippen LogP contribution in [0.25, 0.3) is 11.0 Å². The standard InChI is InChI=1S/C15H22N8O4/c1-16-4-5-22(8-12(25)26)11(24)7-23-13-10(6-18-23)14(27)20-15(19-13)17-9-21(2)3/h6,9,16H,4-5,7-8H2,1-3H3,(H,25,26)(H,19,20,27). The zero-order valence-electron chi connectivity index (χ0n) is 15.3. The van der Waals surface area contributed by atoms with E-state index in [4.69, 9.17) is 5.11 Å². The molecule has 3 N–H and O–H groups in total. The zero-order valence-corrected chi connectivity index (χ0v) is 15.3. The number of carbonyl (C=O) groups excluding carboxylic acids is 1. The molecule has 0 fully saturated rings. The fourth-order valence-corrected chi connectivity index (χ4v) is 2.23. The number of hydrogen-bond donors (Lipinski definition) is 3. The van der Waals surface area contributed by atoms with E-state index >= 15 is 0 Å². The van der Waals surface area contributed by atoms with E-state index in [1.807, 2.05) is 0 Å². The molecule has 2 heterocycles. The van der Waals surface area contributed by atoms with Gasteiger partial charge in [0.1, 0.15) is 18.5 Å². The number of aromatic amines is 1. The molecule has 0 unspecified atom stereocenters. The Labute approximate surface area is 154 Å². The van der Waals surface area contributed by atoms with Gasteiger partial charge in [0.05, 0.1) is 12.5 Å². The Morgan fingerprint density at radius 3 is 2.81 bits per heavy atom. The van der Waals surface area contributed by atoms with Crippen molar-refractivity contribution < 1.29 is 14.7 Å². The smallest absolute Gasteiger partial charge is 0.323 e. The molecule has 2 aromatic heterocycles. The Balaban J connectivity index is 2.30. The second-order valence-electron chi connectivity index (χ2n) is 5.95. The predicted molar refractivity (Wildman–Crippen MR) is 98.1 cm³/mol. The quantitative estimate of drug-likeness (QED) is 0.352. The molecule has 27 heavy (non-hydrogen) atoms. The second-order valence-corrected chi connectivity index (χ2v) is 5.95. The van der Waals surface area contributed by atoms with Crippen LogP contribution in [-0.2, 0) is 16.1 Å². The van der Waals surface area contributed by atoms with Crippen molar-refractivity contribution in [2.45, 2.75) is 6.54 Å². The Hall–Kier alpha value is -3.28. The summed E-state index contributed by atoms with van der Waals surface area (Å²) in [6.07, 6.45) is 2.78. The molecule has 0 aliphatic carbocycles. The number of aromatic nitrogens is 4. The lowest BCUT2D eigenvalue weighted by atomic mass is 10.4. The largest absolute Gasteiger partial charge is 0.480 e. The Bertz CT molecular complexity index is 901. The van der Waals surface area contributed by atoms with E-state index in [9.17, 15) is 14.4 Å². The first-order valence-corrected chi connectivity index (χ1v) is 8.12. The lowest BCUT2D eigenvalue weighted by Gasteiger charge is -2.20. The Morgan fingerprint density at radius 1 is 1.44 bits per heavy atom. The van der Waals surface area contributed by atoms with E-state index in [1.165, 1.54) is 22.1 Å². The molecule has 0 atom stereocenters. The molecule has 0 saturated carbocycles. The number of nitrogens with zero attached hydrogens (tertiary/aromatic N) is 6. The molecule has 0 aliphatic rings. The molecule has 12 nitrogen and oxygen atoms in total. The van der Waals surface area contributed by atoms with E-state index in [2.05, 4.69) is 25.4 Å². The number of carboxylic acids is 1. The van der Waals surface area contributed by atoms with Gasteiger partial charge < -0.3 is 20.2 Å². The maximum absolute atomic E-state index is 12.5. The summed E-state index contributed by atoms with van der Waals surface area (Å²) < 4.78 is 1.26. The molecule has 146 valence electrons. The van der Waals surface area contributed by atoms with Crippen LogP contribution in [0.5, 0.6) is 0 Å². The molecule has 2 aromatic rings. The Kier molecular flexibility index (Phi) is 6.60. The molecule has 0 spiro atoms. The molecule has 0 aliphatic heterocycles. The Morgan fingerprint density at radius 2 is 2.19 bits per heavy atom. The molecule has 0 radical (unpaired) electrons. The minimum atomic E-state index is -1.11. The van der Waals surface area contributed by atoms with Gasteiger partial charge in [0.2, 0.25) is 11.9 Å². The number of carboxylic acid groups (broad SMARTS) is 1. The average molecular weight is 378 g/mol. The summed E-state index contributed by atoms with van der Waals surface area (Å²) in [5.41, 5.74) is -0.232. The second kappa shape index (κ2) is 8.89. The molecule has 12 heteroatoms. The van der Waals surface area contributed by atoms with Crippen LogP contribution in [-0.4, -0.2) is 93.6 Å². The van der Waals surface area contributed by atoms with Crippen molar-refractivity contribution >= 4 is 35.2 Å². The molecule has 0 bridgehead atoms. The van der Waals surface area contributed by atoms with Crippen LogP contribution < -0.4 is 10.9 Å². The van der Waals surface area contributed by atoms with Gasteiger partial charge in [0.15, 0.2) is 5.65 Å². The van der Waals surface area contributed by atoms with Gasteiger partial charge in [-0.05, 0) is 7.05 Å². The van der Waals surface area contributed by atoms with Gasteiger partial charge >= 0.3 is 5.97 Å². The fourth-order valence-electron chi connectivity index (χ4n) is 2.23. The van der Waals surface area contributed by atoms with Crippen LogP contribution in [0.4, 0.5) is 5.95 Å². The zero-order chi connectivity index (χ0) is 20.0. The first kappa shape index (κ1) is 20.0. The van der Waals surface area contributed by atoms with Gasteiger partial charge in [0.25, 0.3) is 5.56 Å². The van der Waals surface area contributed by atoms with Gasteiger partial charge in [-0.25, -0.2) is 9.67 Å². The summed E-state index contributed by atoms with van der Waals surface area (Å²) in [5.74, 6) is -1.48. The normalized spacial score (nSPS) is 11.2. The van der Waals surface area contributed by atoms with Crippen molar-refractivity contribution in [1.82, 2.24) is 34.9 Å². The number of fused-ring (bicyclic) bond motifs is 1. The summed E-state index contributed by atoms with van der Waals surface area (Å²) >= 11 is 0. The minimum absolute atomic E-state index is 0.0768. The highest BCUT2D eigenvalue weighted by molar-refractivity contribution is 5.83. The van der Waals surface area contributed by atoms with Gasteiger partial charge in [-0.2, -0.15) is 10.1 Å². The summed E-state index contributed by atoms with van der Waals surface area (Å²) in [6, 6.07) is 0. The number of aliphatic imine (C=N–C) groups is 1. The number of amides is 1. The van der Waals surface area contributed by atoms with Crippen molar-refractivity contribution in [2.24, 2.45) is 4.99 Å². The lowest BCUT2D eigenvalue weighted by molar-refractivity contribution is -0.144. The molecular weight excluding hydrogens is 356 g/mol. The topological polar surface area (TPSA) is 149 Å². The maximum atomic E-state index is 12.5. The summed E-state index contributed by atoms with van der Waals surface area (Å²) in [7, 11) is 5.24. The molecular formula is C15H22N8O4. The maximum Gasteiger partial charge on any atom is 0.323 e. The third kappa shape index (κ3) is 5.34. The SMILES string of the molecule is CNCCN(CC(=O)O)C(=O)Cn1ncc2c(=O)[nH]c(N=CN(C)C)nc21. The first-order valence-electron chi connectivity index (χ1n) is 8.12. The highest BCUT2D eigenvalue weighted by Crippen LogP contribution is 2.10. The molecule has 2 rings (SSSR count). The lowest BCUT2D eigenvalue weighted by Crippen LogP contribution is -2.41. The third-order valence-electron chi connectivity index (χ3n) is 3.50. The van der Waals surface area contributed by atoms with Crippen molar-refractivity contribution in [2.75, 3.05) is 40.8 Å². The fraction of sp³-hybridized carbons (Fsp3) is 0.467. The van der Waals surface area contributed by atoms with Gasteiger partial charge in [-0.1, -0.05) is 0 Å². The molecule has 1 amide bonds. The monoisotopic (exact) mass is 378 g/mol. The number of carbonyl (C=O) groups is 2. The van der Waals surface area contributed by atoms with E-state index in [1.54, 1.807) is 26.0 Å². The highest BCUT2D eigenvalue weighted by Gasteiger charge is 2.19. The van der Waals surface area contributed by atoms with E-state index < -0.39 is 24.0 Å². The number of hydrogen-bond acceptors (Lipinski definition) is 7. The van der Waals surface area contributed by atoms with Crippen molar-refractivity contribution in [3.8, 4) is 0 Å². The number of nitrogens with one attached hydrogen (secondary N) is 2. The van der Waals surface area contributed by atoms with Gasteiger partial charge in [0, 0.05) is 27.2 Å². The van der Waals surface area contributed by atoms with Crippen LogP contribution in [0.1, 0.15) is 0 Å². The van der Waals surface area contributed by atoms with Crippen LogP contribution in [0.15, 0.2) is 16.0 Å².